The van der Waals surface area contributed by atoms with Gasteiger partial charge in [0.05, 0.1) is 16.8 Å². The lowest BCUT2D eigenvalue weighted by atomic mass is 10.0. The van der Waals surface area contributed by atoms with Crippen LogP contribution in [0.25, 0.3) is 0 Å². The van der Waals surface area contributed by atoms with Gasteiger partial charge in [0, 0.05) is 45.5 Å². The Kier molecular flexibility index (Phi) is 7.92. The predicted molar refractivity (Wildman–Crippen MR) is 139 cm³/mol. The van der Waals surface area contributed by atoms with Gasteiger partial charge in [0.1, 0.15) is 5.75 Å². The molecular formula is C28H34N4O5. The minimum absolute atomic E-state index is 0.00336. The fourth-order valence-electron chi connectivity index (χ4n) is 4.81. The average molecular weight is 507 g/mol. The van der Waals surface area contributed by atoms with Gasteiger partial charge >= 0.3 is 5.97 Å². The van der Waals surface area contributed by atoms with Crippen LogP contribution in [0.4, 0.5) is 0 Å². The maximum Gasteiger partial charge on any atom is 0.335 e. The SMILES string of the molecule is C=CC(=O)N1CCN(CC(Oc2cc(C)c(C(=O)O)cc2C(=O)NC)c2ccc(C3CC3)cn2)C[C@H]1C. The van der Waals surface area contributed by atoms with Crippen LogP contribution in [0.1, 0.15) is 69.3 Å². The second kappa shape index (κ2) is 11.1. The number of hydrogen-bond donors (Lipinski definition) is 2. The molecule has 2 aliphatic rings. The van der Waals surface area contributed by atoms with E-state index in [1.165, 1.54) is 37.6 Å². The molecule has 0 radical (unpaired) electrons. The van der Waals surface area contributed by atoms with Gasteiger partial charge in [-0.1, -0.05) is 12.6 Å². The summed E-state index contributed by atoms with van der Waals surface area (Å²) in [6, 6.07) is 7.01. The molecular weight excluding hydrogens is 472 g/mol. The molecule has 9 nitrogen and oxygen atoms in total. The van der Waals surface area contributed by atoms with Crippen LogP contribution in [0.2, 0.25) is 0 Å². The maximum atomic E-state index is 12.7. The molecule has 1 aromatic carbocycles. The number of pyridine rings is 1. The monoisotopic (exact) mass is 506 g/mol. The van der Waals surface area contributed by atoms with Gasteiger partial charge in [0.15, 0.2) is 6.10 Å². The number of aryl methyl sites for hydroxylation is 1. The third kappa shape index (κ3) is 5.99. The quantitative estimate of drug-likeness (QED) is 0.503. The Labute approximate surface area is 217 Å². The van der Waals surface area contributed by atoms with Crippen molar-refractivity contribution in [1.82, 2.24) is 20.1 Å². The van der Waals surface area contributed by atoms with Gasteiger partial charge in [-0.05, 0) is 68.0 Å². The van der Waals surface area contributed by atoms with Crippen LogP contribution < -0.4 is 10.1 Å². The van der Waals surface area contributed by atoms with E-state index < -0.39 is 18.0 Å². The number of aromatic carboxylic acids is 1. The van der Waals surface area contributed by atoms with Crippen LogP contribution in [0.5, 0.6) is 5.75 Å². The minimum atomic E-state index is -1.11. The summed E-state index contributed by atoms with van der Waals surface area (Å²) in [7, 11) is 1.49. The number of benzene rings is 1. The third-order valence-corrected chi connectivity index (χ3v) is 7.08. The standard InChI is InChI=1S/C28H34N4O5/c1-5-26(33)32-11-10-31(15-18(32)3)16-25(23-9-8-20(14-30-23)19-6-7-19)37-24-12-17(2)21(28(35)36)13-22(24)27(34)29-4/h5,8-9,12-14,18-19,25H,1,6-7,10-11,15-16H2,2-4H3,(H,29,34)(H,35,36)/t18-,25?/m1/s1. The summed E-state index contributed by atoms with van der Waals surface area (Å²) in [4.78, 5) is 45.3. The molecule has 4 rings (SSSR count). The Bertz CT molecular complexity index is 1190. The first-order valence-electron chi connectivity index (χ1n) is 12.6. The molecule has 1 aliphatic heterocycles. The summed E-state index contributed by atoms with van der Waals surface area (Å²) < 4.78 is 6.47. The highest BCUT2D eigenvalue weighted by atomic mass is 16.5. The largest absolute Gasteiger partial charge is 0.482 e. The number of carbonyl (C=O) groups is 3. The van der Waals surface area contributed by atoms with Crippen molar-refractivity contribution in [3.8, 4) is 5.75 Å². The Morgan fingerprint density at radius 2 is 2.00 bits per heavy atom. The van der Waals surface area contributed by atoms with Gasteiger partial charge in [-0.25, -0.2) is 4.79 Å². The van der Waals surface area contributed by atoms with Gasteiger partial charge in [0.2, 0.25) is 5.91 Å². The number of carbonyl (C=O) groups excluding carboxylic acids is 2. The molecule has 37 heavy (non-hydrogen) atoms. The van der Waals surface area contributed by atoms with E-state index >= 15 is 0 Å². The topological polar surface area (TPSA) is 112 Å². The number of aromatic nitrogens is 1. The van der Waals surface area contributed by atoms with Crippen LogP contribution in [-0.2, 0) is 4.79 Å². The molecule has 2 fully saturated rings. The number of hydrogen-bond acceptors (Lipinski definition) is 6. The number of carboxylic acid groups (broad SMARTS) is 1. The number of nitrogens with one attached hydrogen (secondary N) is 1. The lowest BCUT2D eigenvalue weighted by Gasteiger charge is -2.40. The number of amides is 2. The van der Waals surface area contributed by atoms with E-state index in [9.17, 15) is 19.5 Å². The average Bonchev–Trinajstić information content (AvgIpc) is 3.73. The fraction of sp³-hybridized carbons (Fsp3) is 0.429. The van der Waals surface area contributed by atoms with Gasteiger partial charge in [0.25, 0.3) is 5.91 Å². The van der Waals surface area contributed by atoms with Crippen molar-refractivity contribution in [1.29, 1.82) is 0 Å². The van der Waals surface area contributed by atoms with E-state index in [0.717, 1.165) is 5.69 Å². The molecule has 1 aromatic heterocycles. The molecule has 0 spiro atoms. The van der Waals surface area contributed by atoms with E-state index in [4.69, 9.17) is 9.72 Å². The van der Waals surface area contributed by atoms with E-state index in [2.05, 4.69) is 22.9 Å². The summed E-state index contributed by atoms with van der Waals surface area (Å²) in [5, 5.41) is 12.1. The smallest absolute Gasteiger partial charge is 0.335 e. The number of rotatable bonds is 9. The molecule has 2 N–H and O–H groups in total. The van der Waals surface area contributed by atoms with Crippen molar-refractivity contribution >= 4 is 17.8 Å². The Hall–Kier alpha value is -3.72. The molecule has 196 valence electrons. The van der Waals surface area contributed by atoms with Crippen LogP contribution in [0.3, 0.4) is 0 Å². The summed E-state index contributed by atoms with van der Waals surface area (Å²) in [6.07, 6.45) is 5.08. The van der Waals surface area contributed by atoms with Gasteiger partial charge in [-0.2, -0.15) is 0 Å². The van der Waals surface area contributed by atoms with Crippen LogP contribution >= 0.6 is 0 Å². The molecule has 1 saturated heterocycles. The Morgan fingerprint density at radius 1 is 1.24 bits per heavy atom. The van der Waals surface area contributed by atoms with Gasteiger partial charge in [-0.3, -0.25) is 19.5 Å². The molecule has 2 heterocycles. The van der Waals surface area contributed by atoms with Crippen molar-refractivity contribution < 1.29 is 24.2 Å². The second-order valence-corrected chi connectivity index (χ2v) is 9.79. The number of piperazine rings is 1. The van der Waals surface area contributed by atoms with Gasteiger partial charge in [-0.15, -0.1) is 0 Å². The summed E-state index contributed by atoms with van der Waals surface area (Å²) in [5.41, 5.74) is 2.63. The Balaban J connectivity index is 1.64. The highest BCUT2D eigenvalue weighted by Gasteiger charge is 2.30. The van der Waals surface area contributed by atoms with Crippen LogP contribution in [0, 0.1) is 6.92 Å². The van der Waals surface area contributed by atoms with Gasteiger partial charge < -0.3 is 20.1 Å². The van der Waals surface area contributed by atoms with Crippen molar-refractivity contribution in [2.75, 3.05) is 33.2 Å². The summed E-state index contributed by atoms with van der Waals surface area (Å²) in [6.45, 7) is 9.65. The van der Waals surface area contributed by atoms with E-state index in [1.807, 2.05) is 19.2 Å². The Morgan fingerprint density at radius 3 is 2.57 bits per heavy atom. The van der Waals surface area contributed by atoms with Crippen molar-refractivity contribution in [2.24, 2.45) is 0 Å². The lowest BCUT2D eigenvalue weighted by Crippen LogP contribution is -2.54. The first kappa shape index (κ1) is 26.3. The van der Waals surface area contributed by atoms with E-state index in [-0.39, 0.29) is 23.1 Å². The zero-order chi connectivity index (χ0) is 26.7. The second-order valence-electron chi connectivity index (χ2n) is 9.79. The normalized spacial score (nSPS) is 18.7. The van der Waals surface area contributed by atoms with Crippen LogP contribution in [0.15, 0.2) is 43.1 Å². The van der Waals surface area contributed by atoms with E-state index in [0.29, 0.717) is 43.4 Å². The molecule has 2 aromatic rings. The highest BCUT2D eigenvalue weighted by molar-refractivity contribution is 6.00. The zero-order valence-corrected chi connectivity index (χ0v) is 21.6. The summed E-state index contributed by atoms with van der Waals surface area (Å²) >= 11 is 0. The number of ether oxygens (including phenoxy) is 1. The number of nitrogens with zero attached hydrogens (tertiary/aromatic N) is 3. The predicted octanol–water partition coefficient (Wildman–Crippen LogP) is 3.16. The molecule has 0 bridgehead atoms. The van der Waals surface area contributed by atoms with Crippen molar-refractivity contribution in [3.63, 3.8) is 0 Å². The fourth-order valence-corrected chi connectivity index (χ4v) is 4.81. The molecule has 1 saturated carbocycles. The third-order valence-electron chi connectivity index (χ3n) is 7.08. The molecule has 9 heteroatoms. The van der Waals surface area contributed by atoms with E-state index in [1.54, 1.807) is 17.9 Å². The molecule has 2 atom stereocenters. The highest BCUT2D eigenvalue weighted by Crippen LogP contribution is 2.40. The zero-order valence-electron chi connectivity index (χ0n) is 21.6. The first-order chi connectivity index (χ1) is 17.7. The van der Waals surface area contributed by atoms with Crippen LogP contribution in [-0.4, -0.2) is 76.9 Å². The van der Waals surface area contributed by atoms with Crippen molar-refractivity contribution in [2.45, 2.75) is 44.8 Å². The number of carboxylic acids is 1. The summed E-state index contributed by atoms with van der Waals surface area (Å²) in [5.74, 6) is -0.749. The molecule has 2 amide bonds. The molecule has 1 unspecified atom stereocenters. The minimum Gasteiger partial charge on any atom is -0.482 e. The lowest BCUT2D eigenvalue weighted by molar-refractivity contribution is -0.130. The maximum absolute atomic E-state index is 12.7. The van der Waals surface area contributed by atoms with Crippen molar-refractivity contribution in [3.05, 3.63) is 71.1 Å². The molecule has 1 aliphatic carbocycles. The first-order valence-corrected chi connectivity index (χ1v) is 12.6.